The fraction of sp³-hybridized carbons (Fsp3) is 0.255. The Hall–Kier alpha value is -4.68. The van der Waals surface area contributed by atoms with E-state index in [0.717, 1.165) is 22.1 Å². The average Bonchev–Trinajstić information content (AvgIpc) is 3.77. The van der Waals surface area contributed by atoms with Crippen LogP contribution in [0.1, 0.15) is 101 Å². The van der Waals surface area contributed by atoms with Crippen LogP contribution in [-0.4, -0.2) is 9.97 Å². The van der Waals surface area contributed by atoms with E-state index >= 15 is 0 Å². The van der Waals surface area contributed by atoms with Gasteiger partial charge >= 0.3 is 0 Å². The topological polar surface area (TPSA) is 46.4 Å². The second-order valence-electron chi connectivity index (χ2n) is 14.9. The first kappa shape index (κ1) is 38.1. The Kier molecular flexibility index (Phi) is 11.6. The molecule has 1 radical (unpaired) electrons. The molecule has 2 aromatic heterocycles. The molecule has 7 aromatic rings. The molecule has 0 amide bonds. The number of nitrogens with zero attached hydrogens (tertiary/aromatic N) is 5. The van der Waals surface area contributed by atoms with Gasteiger partial charge in [0.1, 0.15) is 0 Å². The summed E-state index contributed by atoms with van der Waals surface area (Å²) in [5.41, 5.74) is 13.4. The first-order chi connectivity index (χ1) is 25.1. The number of benzene rings is 5. The Morgan fingerprint density at radius 3 is 1.51 bits per heavy atom. The minimum atomic E-state index is 0. The maximum absolute atomic E-state index is 4.64. The number of aromatic nitrogens is 3. The van der Waals surface area contributed by atoms with Gasteiger partial charge in [0.05, 0.1) is 5.69 Å². The summed E-state index contributed by atoms with van der Waals surface area (Å²) in [5, 5.41) is 2.32. The van der Waals surface area contributed by atoms with Crippen LogP contribution >= 0.6 is 0 Å². The first-order valence-electron chi connectivity index (χ1n) is 18.7. The third-order valence-electron chi connectivity index (χ3n) is 10.0. The quantitative estimate of drug-likeness (QED) is 0.118. The monoisotopic (exact) mass is 880 g/mol. The summed E-state index contributed by atoms with van der Waals surface area (Å²) in [5.74, 6) is 2.47. The first-order valence-corrected chi connectivity index (χ1v) is 18.7. The summed E-state index contributed by atoms with van der Waals surface area (Å²) >= 11 is 0. The van der Waals surface area contributed by atoms with Gasteiger partial charge in [-0.05, 0) is 97.8 Å². The van der Waals surface area contributed by atoms with Crippen molar-refractivity contribution in [2.24, 2.45) is 0 Å². The van der Waals surface area contributed by atoms with Crippen molar-refractivity contribution in [2.45, 2.75) is 79.1 Å². The van der Waals surface area contributed by atoms with E-state index in [1.165, 1.54) is 50.4 Å². The van der Waals surface area contributed by atoms with Gasteiger partial charge in [0, 0.05) is 51.3 Å². The maximum atomic E-state index is 4.64. The molecule has 5 nitrogen and oxygen atoms in total. The van der Waals surface area contributed by atoms with E-state index in [1.54, 1.807) is 6.20 Å². The predicted molar refractivity (Wildman–Crippen MR) is 220 cm³/mol. The zero-order valence-electron chi connectivity index (χ0n) is 32.0. The van der Waals surface area contributed by atoms with Gasteiger partial charge in [0.15, 0.2) is 0 Å². The molecule has 3 heterocycles. The zero-order chi connectivity index (χ0) is 36.5. The molecule has 0 spiro atoms. The SMILES string of the molecule is CC(C)c1cccc(C(C)C)c1N1[CH-]N(c2c(C(C)C)cccc2C(C)C)c2ccccc21.[Au].c1ccc(-c2nc3c(ccc4ccccc43)[n-]2)nc1. The minimum absolute atomic E-state index is 0. The number of imidazole rings is 1. The van der Waals surface area contributed by atoms with Gasteiger partial charge in [0.2, 0.25) is 0 Å². The molecule has 53 heavy (non-hydrogen) atoms. The summed E-state index contributed by atoms with van der Waals surface area (Å²) in [6.45, 7) is 20.7. The molecule has 0 atom stereocenters. The van der Waals surface area contributed by atoms with Crippen LogP contribution in [0.3, 0.4) is 0 Å². The van der Waals surface area contributed by atoms with Gasteiger partial charge in [-0.3, -0.25) is 4.98 Å². The van der Waals surface area contributed by atoms with E-state index in [2.05, 4.69) is 166 Å². The summed E-state index contributed by atoms with van der Waals surface area (Å²) < 4.78 is 0. The number of hydrogen-bond acceptors (Lipinski definition) is 4. The predicted octanol–water partition coefficient (Wildman–Crippen LogP) is 13.0. The van der Waals surface area contributed by atoms with Crippen LogP contribution < -0.4 is 14.8 Å². The van der Waals surface area contributed by atoms with Crippen molar-refractivity contribution in [3.8, 4) is 11.5 Å². The van der Waals surface area contributed by atoms with E-state index in [4.69, 9.17) is 0 Å². The third-order valence-corrected chi connectivity index (χ3v) is 10.0. The maximum Gasteiger partial charge on any atom is 0.0620 e. The number of fused-ring (bicyclic) bond motifs is 4. The summed E-state index contributed by atoms with van der Waals surface area (Å²) in [4.78, 5) is 18.4. The Morgan fingerprint density at radius 1 is 0.528 bits per heavy atom. The fourth-order valence-corrected chi connectivity index (χ4v) is 7.35. The molecule has 1 aliphatic heterocycles. The number of para-hydroxylation sites is 4. The molecule has 0 N–H and O–H groups in total. The standard InChI is InChI=1S/C31H39N2.C16H10N3.Au/c1-20(2)24-13-11-14-25(21(3)4)30(24)32-19-33(29-18-10-9-17-28(29)32)31-26(22(5)6)15-12-16-27(31)23(7)8;1-2-6-12-11(5-1)8-9-13-15(12)19-16(18-13)14-7-3-4-10-17-14;/h9-23H,1-8H3;1-10H;/q2*-1;. The van der Waals surface area contributed by atoms with Crippen molar-refractivity contribution in [1.82, 2.24) is 15.0 Å². The van der Waals surface area contributed by atoms with Crippen molar-refractivity contribution in [1.29, 1.82) is 0 Å². The molecule has 0 aliphatic carbocycles. The molecule has 275 valence electrons. The van der Waals surface area contributed by atoms with Crippen molar-refractivity contribution in [2.75, 3.05) is 9.80 Å². The molecule has 8 rings (SSSR count). The van der Waals surface area contributed by atoms with E-state index in [0.29, 0.717) is 29.5 Å². The molecule has 5 aromatic carbocycles. The summed E-state index contributed by atoms with van der Waals surface area (Å²) in [6.07, 6.45) is 1.76. The van der Waals surface area contributed by atoms with Crippen LogP contribution in [0.5, 0.6) is 0 Å². The van der Waals surface area contributed by atoms with Gasteiger partial charge in [-0.2, -0.15) is 0 Å². The van der Waals surface area contributed by atoms with Crippen LogP contribution in [0, 0.1) is 6.67 Å². The minimum Gasteiger partial charge on any atom is -0.473 e. The Labute approximate surface area is 331 Å². The Balaban J connectivity index is 0.000000203. The van der Waals surface area contributed by atoms with Crippen LogP contribution in [0.2, 0.25) is 0 Å². The van der Waals surface area contributed by atoms with Crippen molar-refractivity contribution in [3.63, 3.8) is 0 Å². The van der Waals surface area contributed by atoms with Gasteiger partial charge < -0.3 is 19.8 Å². The normalized spacial score (nSPS) is 12.5. The van der Waals surface area contributed by atoms with E-state index in [-0.39, 0.29) is 22.4 Å². The summed E-state index contributed by atoms with van der Waals surface area (Å²) in [7, 11) is 0. The number of anilines is 4. The van der Waals surface area contributed by atoms with Crippen LogP contribution in [0.4, 0.5) is 22.7 Å². The van der Waals surface area contributed by atoms with Gasteiger partial charge in [0.25, 0.3) is 0 Å². The van der Waals surface area contributed by atoms with Crippen molar-refractivity contribution in [3.05, 3.63) is 150 Å². The second kappa shape index (κ2) is 16.1. The van der Waals surface area contributed by atoms with Crippen molar-refractivity contribution < 1.29 is 22.4 Å². The van der Waals surface area contributed by atoms with Gasteiger partial charge in [-0.25, -0.2) is 0 Å². The largest absolute Gasteiger partial charge is 0.473 e. The zero-order valence-corrected chi connectivity index (χ0v) is 34.1. The Bertz CT molecular complexity index is 2180. The molecule has 1 aliphatic rings. The molecule has 6 heteroatoms. The summed E-state index contributed by atoms with van der Waals surface area (Å²) in [6, 6.07) is 40.6. The molecular weight excluding hydrogens is 832 g/mol. The molecular formula is C47H49AuN5-2. The number of rotatable bonds is 7. The van der Waals surface area contributed by atoms with Crippen LogP contribution in [0.15, 0.2) is 121 Å². The molecule has 0 fully saturated rings. The second-order valence-corrected chi connectivity index (χ2v) is 14.9. The average molecular weight is 881 g/mol. The fourth-order valence-electron chi connectivity index (χ4n) is 7.35. The molecule has 0 bridgehead atoms. The van der Waals surface area contributed by atoms with Crippen LogP contribution in [-0.2, 0) is 22.4 Å². The van der Waals surface area contributed by atoms with Crippen molar-refractivity contribution >= 4 is 44.6 Å². The Morgan fingerprint density at radius 2 is 1.02 bits per heavy atom. The smallest absolute Gasteiger partial charge is 0.0620 e. The van der Waals surface area contributed by atoms with E-state index < -0.39 is 0 Å². The van der Waals surface area contributed by atoms with E-state index in [1.807, 2.05) is 36.4 Å². The molecule has 0 unspecified atom stereocenters. The molecule has 0 saturated heterocycles. The number of hydrogen-bond donors (Lipinski definition) is 0. The molecule has 0 saturated carbocycles. The van der Waals surface area contributed by atoms with Crippen LogP contribution in [0.25, 0.3) is 33.3 Å². The van der Waals surface area contributed by atoms with Gasteiger partial charge in [-0.15, -0.1) is 6.67 Å². The third kappa shape index (κ3) is 7.44. The van der Waals surface area contributed by atoms with Gasteiger partial charge in [-0.1, -0.05) is 146 Å². The van der Waals surface area contributed by atoms with E-state index in [9.17, 15) is 0 Å². The number of pyridine rings is 1.